The van der Waals surface area contributed by atoms with E-state index in [9.17, 15) is 8.78 Å². The minimum absolute atomic E-state index is 0.349. The first-order chi connectivity index (χ1) is 13.2. The molecule has 0 aliphatic heterocycles. The van der Waals surface area contributed by atoms with Crippen LogP contribution < -0.4 is 0 Å². The molecule has 0 bridgehead atoms. The largest absolute Gasteiger partial charge is 0.298 e. The molecule has 1 aliphatic rings. The predicted molar refractivity (Wildman–Crippen MR) is 100 cm³/mol. The molecule has 0 amide bonds. The highest BCUT2D eigenvalue weighted by Gasteiger charge is 2.31. The fraction of sp³-hybridized carbons (Fsp3) is 0.222. The second-order valence-electron chi connectivity index (χ2n) is 6.19. The van der Waals surface area contributed by atoms with Crippen LogP contribution in [0.1, 0.15) is 31.1 Å². The van der Waals surface area contributed by atoms with E-state index >= 15 is 0 Å². The number of para-hydroxylation sites is 1. The molecule has 9 heteroatoms. The highest BCUT2D eigenvalue weighted by Crippen LogP contribution is 2.43. The number of fused-ring (bicyclic) bond motifs is 1. The number of hydrogen-bond acceptors (Lipinski definition) is 6. The van der Waals surface area contributed by atoms with Crippen LogP contribution in [0.4, 0.5) is 8.78 Å². The normalized spacial score (nSPS) is 14.3. The maximum absolute atomic E-state index is 13.3. The van der Waals surface area contributed by atoms with Crippen molar-refractivity contribution in [1.82, 2.24) is 24.7 Å². The highest BCUT2D eigenvalue weighted by atomic mass is 32.2. The lowest BCUT2D eigenvalue weighted by molar-refractivity contribution is 0.140. The molecule has 5 rings (SSSR count). The van der Waals surface area contributed by atoms with E-state index in [1.807, 2.05) is 29.6 Å². The van der Waals surface area contributed by atoms with Crippen molar-refractivity contribution in [2.45, 2.75) is 35.5 Å². The Balaban J connectivity index is 1.62. The first-order valence-corrected chi connectivity index (χ1v) is 10.1. The van der Waals surface area contributed by atoms with Gasteiger partial charge in [0, 0.05) is 11.4 Å². The second kappa shape index (κ2) is 6.65. The molecule has 27 heavy (non-hydrogen) atoms. The number of halogens is 2. The minimum Gasteiger partial charge on any atom is -0.298 e. The summed E-state index contributed by atoms with van der Waals surface area (Å²) in [6, 6.07) is 11.5. The van der Waals surface area contributed by atoms with Crippen LogP contribution in [0.2, 0.25) is 0 Å². The Morgan fingerprint density at radius 1 is 1.07 bits per heavy atom. The Hall–Kier alpha value is -2.39. The average Bonchev–Trinajstić information content (AvgIpc) is 3.20. The number of benzene rings is 1. The van der Waals surface area contributed by atoms with E-state index in [1.165, 1.54) is 11.8 Å². The van der Waals surface area contributed by atoms with Crippen molar-refractivity contribution in [2.24, 2.45) is 0 Å². The molecule has 0 unspecified atom stereocenters. The Morgan fingerprint density at radius 2 is 1.93 bits per heavy atom. The molecule has 4 aromatic rings. The van der Waals surface area contributed by atoms with Gasteiger partial charge in [0.2, 0.25) is 0 Å². The van der Waals surface area contributed by atoms with E-state index in [1.54, 1.807) is 23.5 Å². The number of nitrogens with zero attached hydrogens (tertiary/aromatic N) is 5. The molecule has 1 fully saturated rings. The monoisotopic (exact) mass is 401 g/mol. The summed E-state index contributed by atoms with van der Waals surface area (Å²) in [5.74, 6) is 0.356. The SMILES string of the molecule is FC(F)c1nc(Sc2nnc(-c3cccs3)n2C2CC2)c2ccccc2n1. The topological polar surface area (TPSA) is 56.5 Å². The maximum Gasteiger partial charge on any atom is 0.297 e. The zero-order chi connectivity index (χ0) is 18.4. The van der Waals surface area contributed by atoms with Gasteiger partial charge in [0.25, 0.3) is 6.43 Å². The average molecular weight is 401 g/mol. The van der Waals surface area contributed by atoms with Crippen LogP contribution in [-0.2, 0) is 0 Å². The summed E-state index contributed by atoms with van der Waals surface area (Å²) >= 11 is 2.88. The summed E-state index contributed by atoms with van der Waals surface area (Å²) in [4.78, 5) is 9.13. The molecule has 136 valence electrons. The predicted octanol–water partition coefficient (Wildman–Crippen LogP) is 5.37. The number of hydrogen-bond donors (Lipinski definition) is 0. The van der Waals surface area contributed by atoms with Crippen molar-refractivity contribution in [2.75, 3.05) is 0 Å². The standard InChI is InChI=1S/C18H13F2N5S2/c19-14(20)15-21-12-5-2-1-4-11(12)17(22-15)27-18-24-23-16(13-6-3-9-26-13)25(18)10-7-8-10/h1-6,9-10,14H,7-8H2. The Bertz CT molecular complexity index is 1110. The third kappa shape index (κ3) is 3.10. The number of alkyl halides is 2. The number of rotatable bonds is 5. The van der Waals surface area contributed by atoms with Gasteiger partial charge in [-0.15, -0.1) is 21.5 Å². The van der Waals surface area contributed by atoms with E-state index in [0.717, 1.165) is 28.9 Å². The molecule has 0 saturated heterocycles. The minimum atomic E-state index is -2.73. The molecule has 1 saturated carbocycles. The molecular weight excluding hydrogens is 388 g/mol. The van der Waals surface area contributed by atoms with Crippen molar-refractivity contribution < 1.29 is 8.78 Å². The van der Waals surface area contributed by atoms with Crippen molar-refractivity contribution in [1.29, 1.82) is 0 Å². The van der Waals surface area contributed by atoms with Crippen LogP contribution in [0.5, 0.6) is 0 Å². The van der Waals surface area contributed by atoms with Gasteiger partial charge in [-0.1, -0.05) is 24.3 Å². The zero-order valence-corrected chi connectivity index (χ0v) is 15.6. The Kier molecular flexibility index (Phi) is 4.13. The third-order valence-corrected chi connectivity index (χ3v) is 6.12. The quantitative estimate of drug-likeness (QED) is 0.421. The van der Waals surface area contributed by atoms with Gasteiger partial charge in [-0.05, 0) is 42.1 Å². The maximum atomic E-state index is 13.3. The van der Waals surface area contributed by atoms with Crippen LogP contribution in [-0.4, -0.2) is 24.7 Å². The molecule has 0 spiro atoms. The van der Waals surface area contributed by atoms with Crippen molar-refractivity contribution in [3.05, 3.63) is 47.6 Å². The molecule has 0 N–H and O–H groups in total. The van der Waals surface area contributed by atoms with Gasteiger partial charge in [-0.3, -0.25) is 4.57 Å². The van der Waals surface area contributed by atoms with Crippen LogP contribution in [0, 0.1) is 0 Å². The summed E-state index contributed by atoms with van der Waals surface area (Å²) < 4.78 is 28.6. The van der Waals surface area contributed by atoms with Crippen molar-refractivity contribution >= 4 is 34.0 Å². The van der Waals surface area contributed by atoms with Gasteiger partial charge >= 0.3 is 0 Å². The van der Waals surface area contributed by atoms with Gasteiger partial charge in [-0.25, -0.2) is 18.7 Å². The Labute approximate surface area is 161 Å². The van der Waals surface area contributed by atoms with E-state index < -0.39 is 12.2 Å². The van der Waals surface area contributed by atoms with Gasteiger partial charge in [-0.2, -0.15) is 0 Å². The first kappa shape index (κ1) is 16.8. The summed E-state index contributed by atoms with van der Waals surface area (Å²) in [7, 11) is 0. The molecule has 5 nitrogen and oxygen atoms in total. The lowest BCUT2D eigenvalue weighted by Gasteiger charge is -2.10. The van der Waals surface area contributed by atoms with E-state index in [4.69, 9.17) is 0 Å². The zero-order valence-electron chi connectivity index (χ0n) is 13.9. The molecule has 3 aromatic heterocycles. The highest BCUT2D eigenvalue weighted by molar-refractivity contribution is 7.99. The van der Waals surface area contributed by atoms with Gasteiger partial charge < -0.3 is 0 Å². The molecule has 0 atom stereocenters. The van der Waals surface area contributed by atoms with Gasteiger partial charge in [0.05, 0.1) is 10.4 Å². The van der Waals surface area contributed by atoms with Gasteiger partial charge in [0.1, 0.15) is 5.03 Å². The Morgan fingerprint density at radius 3 is 2.67 bits per heavy atom. The molecular formula is C18H13F2N5S2. The van der Waals surface area contributed by atoms with E-state index in [-0.39, 0.29) is 0 Å². The number of thiophene rings is 1. The van der Waals surface area contributed by atoms with Crippen molar-refractivity contribution in [3.8, 4) is 10.7 Å². The summed E-state index contributed by atoms with van der Waals surface area (Å²) in [5.41, 5.74) is 0.501. The van der Waals surface area contributed by atoms with Crippen LogP contribution in [0.3, 0.4) is 0 Å². The summed E-state index contributed by atoms with van der Waals surface area (Å²) in [6.07, 6.45) is -0.593. The third-order valence-electron chi connectivity index (χ3n) is 4.29. The second-order valence-corrected chi connectivity index (χ2v) is 8.10. The lowest BCUT2D eigenvalue weighted by atomic mass is 10.2. The van der Waals surface area contributed by atoms with Crippen LogP contribution in [0.25, 0.3) is 21.6 Å². The fourth-order valence-electron chi connectivity index (χ4n) is 2.91. The van der Waals surface area contributed by atoms with Gasteiger partial charge in [0.15, 0.2) is 16.8 Å². The lowest BCUT2D eigenvalue weighted by Crippen LogP contribution is -2.01. The smallest absolute Gasteiger partial charge is 0.297 e. The molecule has 3 heterocycles. The fourth-order valence-corrected chi connectivity index (χ4v) is 4.62. The molecule has 0 radical (unpaired) electrons. The van der Waals surface area contributed by atoms with Crippen LogP contribution in [0.15, 0.2) is 52.0 Å². The number of aromatic nitrogens is 5. The molecule has 1 aromatic carbocycles. The van der Waals surface area contributed by atoms with Crippen LogP contribution >= 0.6 is 23.1 Å². The summed E-state index contributed by atoms with van der Waals surface area (Å²) in [5, 5.41) is 12.6. The molecule has 1 aliphatic carbocycles. The summed E-state index contributed by atoms with van der Waals surface area (Å²) in [6.45, 7) is 0. The van der Waals surface area contributed by atoms with E-state index in [2.05, 4.69) is 24.7 Å². The van der Waals surface area contributed by atoms with E-state index in [0.29, 0.717) is 21.7 Å². The first-order valence-electron chi connectivity index (χ1n) is 8.42. The van der Waals surface area contributed by atoms with Crippen molar-refractivity contribution in [3.63, 3.8) is 0 Å².